The first-order chi connectivity index (χ1) is 4.79. The molecule has 0 atom stereocenters. The molecule has 0 fully saturated rings. The topological polar surface area (TPSA) is 68.1 Å². The average molecular weight is 178 g/mol. The molecule has 0 aliphatic carbocycles. The Morgan fingerprint density at radius 2 is 2.27 bits per heavy atom. The van der Waals surface area contributed by atoms with Crippen LogP contribution in [0.1, 0.15) is 0 Å². The van der Waals surface area contributed by atoms with E-state index in [1.165, 1.54) is 12.3 Å². The number of aromatic nitrogens is 1. The Kier molecular flexibility index (Phi) is 5.61. The fourth-order valence-corrected chi connectivity index (χ4v) is 0.522. The Balaban J connectivity index is 0.000001000. The molecule has 0 saturated heterocycles. The van der Waals surface area contributed by atoms with Crippen LogP contribution in [0.25, 0.3) is 0 Å². The Morgan fingerprint density at radius 3 is 2.73 bits per heavy atom. The van der Waals surface area contributed by atoms with Crippen molar-refractivity contribution in [2.75, 3.05) is 5.43 Å². The molecule has 1 radical (unpaired) electrons. The molecule has 0 aliphatic heterocycles. The molecule has 0 amide bonds. The van der Waals surface area contributed by atoms with E-state index in [1.54, 1.807) is 12.1 Å². The first-order valence-electron chi connectivity index (χ1n) is 2.61. The number of anilines is 1. The van der Waals surface area contributed by atoms with Crippen molar-refractivity contribution in [2.24, 2.45) is 0 Å². The van der Waals surface area contributed by atoms with Gasteiger partial charge in [-0.1, -0.05) is 11.5 Å². The van der Waals surface area contributed by atoms with E-state index in [0.29, 0.717) is 0 Å². The second kappa shape index (κ2) is 5.61. The maximum absolute atomic E-state index is 9.82. The van der Waals surface area contributed by atoms with Gasteiger partial charge < -0.3 is 0 Å². The molecular formula is C5H5KN3O2. The molecule has 0 aromatic carbocycles. The van der Waals surface area contributed by atoms with Crippen LogP contribution in [-0.2, 0) is 0 Å². The zero-order valence-corrected chi connectivity index (χ0v) is 9.14. The van der Waals surface area contributed by atoms with Crippen LogP contribution in [0.5, 0.6) is 0 Å². The molecule has 6 heteroatoms. The molecule has 1 heterocycles. The molecule has 0 unspecified atom stereocenters. The number of hydrazine groups is 1. The maximum atomic E-state index is 9.82. The summed E-state index contributed by atoms with van der Waals surface area (Å²) in [6, 6.07) is 4.87. The van der Waals surface area contributed by atoms with E-state index in [2.05, 4.69) is 4.98 Å². The van der Waals surface area contributed by atoms with Gasteiger partial charge in [-0.25, -0.2) is 15.1 Å². The van der Waals surface area contributed by atoms with Gasteiger partial charge in [-0.3, -0.25) is 0 Å². The molecule has 1 N–H and O–H groups in total. The van der Waals surface area contributed by atoms with Crippen LogP contribution >= 0.6 is 0 Å². The number of pyridine rings is 1. The average Bonchev–Trinajstić information content (AvgIpc) is 1.88. The fraction of sp³-hybridized carbons (Fsp3) is 0. The standard InChI is InChI=1S/C5H5N3O2.K/c9-8(10)7-5-3-1-2-4-6-5;/h1-4H,(H,6,7);. The largest absolute Gasteiger partial charge is 0.234 e. The van der Waals surface area contributed by atoms with E-state index in [1.807, 2.05) is 5.43 Å². The van der Waals surface area contributed by atoms with Crippen LogP contribution in [0.3, 0.4) is 0 Å². The van der Waals surface area contributed by atoms with Crippen molar-refractivity contribution in [3.63, 3.8) is 0 Å². The Labute approximate surface area is 106 Å². The monoisotopic (exact) mass is 178 g/mol. The van der Waals surface area contributed by atoms with Gasteiger partial charge in [-0.05, 0) is 12.1 Å². The summed E-state index contributed by atoms with van der Waals surface area (Å²) >= 11 is 0. The van der Waals surface area contributed by atoms with E-state index in [4.69, 9.17) is 0 Å². The molecular weight excluding hydrogens is 173 g/mol. The van der Waals surface area contributed by atoms with Gasteiger partial charge in [0.25, 0.3) is 0 Å². The predicted octanol–water partition coefficient (Wildman–Crippen LogP) is 0.304. The first kappa shape index (κ1) is 11.0. The maximum Gasteiger partial charge on any atom is 0.190 e. The second-order valence-corrected chi connectivity index (χ2v) is 1.58. The third kappa shape index (κ3) is 4.43. The Bertz CT molecular complexity index is 228. The molecule has 0 bridgehead atoms. The third-order valence-corrected chi connectivity index (χ3v) is 0.871. The van der Waals surface area contributed by atoms with Crippen molar-refractivity contribution < 1.29 is 5.03 Å². The zero-order valence-electron chi connectivity index (χ0n) is 6.02. The third-order valence-electron chi connectivity index (χ3n) is 0.871. The molecule has 1 aromatic heterocycles. The first-order valence-corrected chi connectivity index (χ1v) is 2.61. The van der Waals surface area contributed by atoms with Crippen molar-refractivity contribution >= 4 is 57.2 Å². The van der Waals surface area contributed by atoms with Crippen LogP contribution in [0.4, 0.5) is 5.82 Å². The summed E-state index contributed by atoms with van der Waals surface area (Å²) in [5.74, 6) is 0.243. The minimum atomic E-state index is -0.650. The summed E-state index contributed by atoms with van der Waals surface area (Å²) in [5, 5.41) is 9.17. The molecule has 1 rings (SSSR count). The number of nitrogens with zero attached hydrogens (tertiary/aromatic N) is 2. The van der Waals surface area contributed by atoms with Crippen LogP contribution in [-0.4, -0.2) is 61.4 Å². The van der Waals surface area contributed by atoms with E-state index in [0.717, 1.165) is 0 Å². The van der Waals surface area contributed by atoms with E-state index >= 15 is 0 Å². The van der Waals surface area contributed by atoms with E-state index in [-0.39, 0.29) is 57.2 Å². The minimum Gasteiger partial charge on any atom is -0.234 e. The van der Waals surface area contributed by atoms with Gasteiger partial charge in [-0.15, -0.1) is 0 Å². The van der Waals surface area contributed by atoms with Crippen molar-refractivity contribution in [3.8, 4) is 0 Å². The summed E-state index contributed by atoms with van der Waals surface area (Å²) in [7, 11) is 0. The molecule has 5 nitrogen and oxygen atoms in total. The molecule has 1 aromatic rings. The minimum absolute atomic E-state index is 0. The van der Waals surface area contributed by atoms with E-state index in [9.17, 15) is 10.1 Å². The number of nitro groups is 1. The number of rotatable bonds is 2. The molecule has 0 saturated carbocycles. The van der Waals surface area contributed by atoms with Crippen LogP contribution < -0.4 is 5.43 Å². The quantitative estimate of drug-likeness (QED) is 0.402. The molecule has 11 heavy (non-hydrogen) atoms. The fourth-order valence-electron chi connectivity index (χ4n) is 0.522. The summed E-state index contributed by atoms with van der Waals surface area (Å²) in [6.07, 6.45) is 1.48. The van der Waals surface area contributed by atoms with Crippen LogP contribution in [0.2, 0.25) is 0 Å². The van der Waals surface area contributed by atoms with Gasteiger partial charge in [0, 0.05) is 57.6 Å². The molecule has 0 aliphatic rings. The van der Waals surface area contributed by atoms with Crippen molar-refractivity contribution in [1.82, 2.24) is 4.98 Å². The number of hydrogen-bond donors (Lipinski definition) is 1. The van der Waals surface area contributed by atoms with Crippen molar-refractivity contribution in [2.45, 2.75) is 0 Å². The summed E-state index contributed by atoms with van der Waals surface area (Å²) < 4.78 is 0. The molecule has 0 spiro atoms. The Morgan fingerprint density at radius 1 is 1.55 bits per heavy atom. The normalized spacial score (nSPS) is 8.00. The van der Waals surface area contributed by atoms with Gasteiger partial charge in [0.2, 0.25) is 0 Å². The van der Waals surface area contributed by atoms with Gasteiger partial charge in [0.1, 0.15) is 0 Å². The molecule has 53 valence electrons. The van der Waals surface area contributed by atoms with E-state index < -0.39 is 5.03 Å². The zero-order chi connectivity index (χ0) is 7.40. The van der Waals surface area contributed by atoms with Crippen LogP contribution in [0.15, 0.2) is 24.4 Å². The summed E-state index contributed by atoms with van der Waals surface area (Å²) in [5.41, 5.74) is 1.92. The Hall–Kier alpha value is -0.0136. The van der Waals surface area contributed by atoms with Gasteiger partial charge in [0.15, 0.2) is 10.9 Å². The van der Waals surface area contributed by atoms with Crippen molar-refractivity contribution in [1.29, 1.82) is 0 Å². The van der Waals surface area contributed by atoms with Gasteiger partial charge in [0.05, 0.1) is 0 Å². The van der Waals surface area contributed by atoms with Gasteiger partial charge >= 0.3 is 0 Å². The summed E-state index contributed by atoms with van der Waals surface area (Å²) in [6.45, 7) is 0. The second-order valence-electron chi connectivity index (χ2n) is 1.58. The predicted molar refractivity (Wildman–Crippen MR) is 40.6 cm³/mol. The SMILES string of the molecule is O=[N+]([O-])Nc1ccccn1.[K]. The number of nitrogens with one attached hydrogen (secondary N) is 1. The van der Waals surface area contributed by atoms with Crippen LogP contribution in [0, 0.1) is 10.1 Å². The van der Waals surface area contributed by atoms with Crippen molar-refractivity contribution in [3.05, 3.63) is 34.5 Å². The van der Waals surface area contributed by atoms with Gasteiger partial charge in [-0.2, -0.15) is 0 Å². The summed E-state index contributed by atoms with van der Waals surface area (Å²) in [4.78, 5) is 13.5. The smallest absolute Gasteiger partial charge is 0.190 e. The number of hydrogen-bond acceptors (Lipinski definition) is 3.